The Kier molecular flexibility index (Phi) is 3.52. The largest absolute Gasteiger partial charge is 0.586 e. The summed E-state index contributed by atoms with van der Waals surface area (Å²) in [5.74, 6) is 0.0987. The van der Waals surface area contributed by atoms with Crippen LogP contribution >= 0.6 is 0 Å². The van der Waals surface area contributed by atoms with Crippen LogP contribution in [-0.4, -0.2) is 21.8 Å². The van der Waals surface area contributed by atoms with Crippen molar-refractivity contribution in [2.45, 2.75) is 11.2 Å². The van der Waals surface area contributed by atoms with Crippen molar-refractivity contribution >= 4 is 15.7 Å². The molecule has 0 aliphatic carbocycles. The van der Waals surface area contributed by atoms with Crippen molar-refractivity contribution in [3.63, 3.8) is 0 Å². The first kappa shape index (κ1) is 15.3. The van der Waals surface area contributed by atoms with Gasteiger partial charge in [0.25, 0.3) is 10.0 Å². The first-order chi connectivity index (χ1) is 10.8. The van der Waals surface area contributed by atoms with Crippen molar-refractivity contribution in [2.24, 2.45) is 0 Å². The number of methoxy groups -OCH3 is 1. The molecule has 0 unspecified atom stereocenters. The van der Waals surface area contributed by atoms with Crippen LogP contribution in [0.5, 0.6) is 17.2 Å². The lowest BCUT2D eigenvalue weighted by atomic mass is 10.3. The van der Waals surface area contributed by atoms with E-state index in [0.29, 0.717) is 5.75 Å². The van der Waals surface area contributed by atoms with Crippen LogP contribution in [0.15, 0.2) is 47.4 Å². The average Bonchev–Trinajstić information content (AvgIpc) is 2.80. The normalized spacial score (nSPS) is 15.3. The molecule has 0 amide bonds. The molecule has 1 heterocycles. The van der Waals surface area contributed by atoms with Gasteiger partial charge in [-0.15, -0.1) is 8.78 Å². The van der Waals surface area contributed by atoms with Crippen molar-refractivity contribution in [3.05, 3.63) is 42.5 Å². The monoisotopic (exact) mass is 343 g/mol. The van der Waals surface area contributed by atoms with Gasteiger partial charge in [-0.1, -0.05) is 0 Å². The summed E-state index contributed by atoms with van der Waals surface area (Å²) in [5.41, 5.74) is 0.0702. The van der Waals surface area contributed by atoms with E-state index in [2.05, 4.69) is 14.2 Å². The Morgan fingerprint density at radius 2 is 1.70 bits per heavy atom. The number of alkyl halides is 2. The molecule has 0 spiro atoms. The van der Waals surface area contributed by atoms with E-state index in [-0.39, 0.29) is 22.1 Å². The lowest BCUT2D eigenvalue weighted by Crippen LogP contribution is -2.25. The Bertz CT molecular complexity index is 837. The molecule has 2 aromatic carbocycles. The van der Waals surface area contributed by atoms with E-state index in [1.807, 2.05) is 0 Å². The SMILES string of the molecule is COc1ccc(S(=O)(=O)Nc2ccc3c(c2)OC(F)(F)O3)cc1. The van der Waals surface area contributed by atoms with Gasteiger partial charge in [-0.2, -0.15) is 0 Å². The van der Waals surface area contributed by atoms with E-state index in [0.717, 1.165) is 6.07 Å². The third kappa shape index (κ3) is 3.14. The van der Waals surface area contributed by atoms with Crippen molar-refractivity contribution in [1.82, 2.24) is 0 Å². The zero-order valence-electron chi connectivity index (χ0n) is 11.7. The average molecular weight is 343 g/mol. The standard InChI is InChI=1S/C14H11F2NO5S/c1-20-10-3-5-11(6-4-10)23(18,19)17-9-2-7-12-13(8-9)22-14(15,16)21-12/h2-8,17H,1H3. The second-order valence-corrected chi connectivity index (χ2v) is 6.29. The highest BCUT2D eigenvalue weighted by Gasteiger charge is 2.43. The number of hydrogen-bond acceptors (Lipinski definition) is 5. The molecule has 6 nitrogen and oxygen atoms in total. The molecule has 122 valence electrons. The number of ether oxygens (including phenoxy) is 3. The maximum Gasteiger partial charge on any atom is 0.586 e. The highest BCUT2D eigenvalue weighted by Crippen LogP contribution is 2.42. The molecule has 0 atom stereocenters. The predicted octanol–water partition coefficient (Wildman–Crippen LogP) is 2.82. The number of hydrogen-bond donors (Lipinski definition) is 1. The molecular weight excluding hydrogens is 332 g/mol. The van der Waals surface area contributed by atoms with E-state index in [1.165, 1.54) is 43.5 Å². The van der Waals surface area contributed by atoms with Crippen LogP contribution in [-0.2, 0) is 10.0 Å². The number of halogens is 2. The predicted molar refractivity (Wildman–Crippen MR) is 76.4 cm³/mol. The van der Waals surface area contributed by atoms with Crippen LogP contribution in [0, 0.1) is 0 Å². The van der Waals surface area contributed by atoms with Gasteiger partial charge in [-0.3, -0.25) is 4.72 Å². The van der Waals surface area contributed by atoms with Crippen molar-refractivity contribution in [1.29, 1.82) is 0 Å². The summed E-state index contributed by atoms with van der Waals surface area (Å²) in [7, 11) is -2.41. The Morgan fingerprint density at radius 1 is 1.04 bits per heavy atom. The minimum atomic E-state index is -3.87. The third-order valence-corrected chi connectivity index (χ3v) is 4.42. The van der Waals surface area contributed by atoms with Gasteiger partial charge < -0.3 is 14.2 Å². The molecule has 1 aliphatic heterocycles. The molecule has 1 N–H and O–H groups in total. The van der Waals surface area contributed by atoms with Crippen LogP contribution in [0.4, 0.5) is 14.5 Å². The van der Waals surface area contributed by atoms with Crippen molar-refractivity contribution < 1.29 is 31.4 Å². The summed E-state index contributed by atoms with van der Waals surface area (Å²) < 4.78 is 66.2. The summed E-state index contributed by atoms with van der Waals surface area (Å²) in [4.78, 5) is 0.00120. The van der Waals surface area contributed by atoms with E-state index in [9.17, 15) is 17.2 Å². The molecule has 0 saturated carbocycles. The second-order valence-electron chi connectivity index (χ2n) is 4.61. The highest BCUT2D eigenvalue weighted by atomic mass is 32.2. The van der Waals surface area contributed by atoms with Gasteiger partial charge in [-0.25, -0.2) is 8.42 Å². The summed E-state index contributed by atoms with van der Waals surface area (Å²) >= 11 is 0. The van der Waals surface area contributed by atoms with Gasteiger partial charge in [0.1, 0.15) is 5.75 Å². The summed E-state index contributed by atoms with van der Waals surface area (Å²) in [6, 6.07) is 9.33. The zero-order chi connectivity index (χ0) is 16.7. The van der Waals surface area contributed by atoms with Gasteiger partial charge in [0.2, 0.25) is 0 Å². The molecule has 23 heavy (non-hydrogen) atoms. The minimum absolute atomic E-state index is 0.00120. The fourth-order valence-corrected chi connectivity index (χ4v) is 3.03. The lowest BCUT2D eigenvalue weighted by Gasteiger charge is -2.09. The molecule has 0 bridgehead atoms. The number of nitrogens with one attached hydrogen (secondary N) is 1. The number of rotatable bonds is 4. The second kappa shape index (κ2) is 5.27. The van der Waals surface area contributed by atoms with Crippen LogP contribution in [0.1, 0.15) is 0 Å². The molecule has 1 aliphatic rings. The fourth-order valence-electron chi connectivity index (χ4n) is 1.98. The van der Waals surface area contributed by atoms with Crippen LogP contribution in [0.3, 0.4) is 0 Å². The van der Waals surface area contributed by atoms with E-state index in [4.69, 9.17) is 4.74 Å². The van der Waals surface area contributed by atoms with Crippen LogP contribution in [0.25, 0.3) is 0 Å². The number of benzene rings is 2. The van der Waals surface area contributed by atoms with Gasteiger partial charge in [0.15, 0.2) is 11.5 Å². The minimum Gasteiger partial charge on any atom is -0.497 e. The first-order valence-electron chi connectivity index (χ1n) is 6.36. The zero-order valence-corrected chi connectivity index (χ0v) is 12.6. The van der Waals surface area contributed by atoms with Gasteiger partial charge >= 0.3 is 6.29 Å². The van der Waals surface area contributed by atoms with E-state index >= 15 is 0 Å². The summed E-state index contributed by atoms with van der Waals surface area (Å²) in [6.07, 6.45) is -3.75. The van der Waals surface area contributed by atoms with Gasteiger partial charge in [-0.05, 0) is 36.4 Å². The maximum absolute atomic E-state index is 12.9. The number of sulfonamides is 1. The summed E-state index contributed by atoms with van der Waals surface area (Å²) in [5, 5.41) is 0. The van der Waals surface area contributed by atoms with Crippen molar-refractivity contribution in [3.8, 4) is 17.2 Å². The van der Waals surface area contributed by atoms with Gasteiger partial charge in [0, 0.05) is 6.07 Å². The molecule has 9 heteroatoms. The number of anilines is 1. The molecule has 0 fully saturated rings. The molecular formula is C14H11F2NO5S. The topological polar surface area (TPSA) is 73.9 Å². The third-order valence-electron chi connectivity index (χ3n) is 3.02. The molecule has 3 rings (SSSR count). The maximum atomic E-state index is 12.9. The molecule has 0 radical (unpaired) electrons. The Labute approximate surface area is 130 Å². The highest BCUT2D eigenvalue weighted by molar-refractivity contribution is 7.92. The van der Waals surface area contributed by atoms with Crippen LogP contribution < -0.4 is 18.9 Å². The Morgan fingerprint density at radius 3 is 2.35 bits per heavy atom. The molecule has 0 saturated heterocycles. The number of fused-ring (bicyclic) bond motifs is 1. The fraction of sp³-hybridized carbons (Fsp3) is 0.143. The molecule has 0 aromatic heterocycles. The Balaban J connectivity index is 1.84. The van der Waals surface area contributed by atoms with Gasteiger partial charge in [0.05, 0.1) is 17.7 Å². The quantitative estimate of drug-likeness (QED) is 0.924. The van der Waals surface area contributed by atoms with E-state index < -0.39 is 16.3 Å². The summed E-state index contributed by atoms with van der Waals surface area (Å²) in [6.45, 7) is 0. The first-order valence-corrected chi connectivity index (χ1v) is 7.84. The molecule has 2 aromatic rings. The van der Waals surface area contributed by atoms with Crippen LogP contribution in [0.2, 0.25) is 0 Å². The smallest absolute Gasteiger partial charge is 0.497 e. The lowest BCUT2D eigenvalue weighted by molar-refractivity contribution is -0.286. The Hall–Kier alpha value is -2.55. The van der Waals surface area contributed by atoms with Crippen molar-refractivity contribution in [2.75, 3.05) is 11.8 Å². The van der Waals surface area contributed by atoms with E-state index in [1.54, 1.807) is 0 Å².